The van der Waals surface area contributed by atoms with Crippen LogP contribution in [0.15, 0.2) is 0 Å². The molecular formula is C10H23NO3S. The molecule has 0 atom stereocenters. The molecule has 0 fully saturated rings. The zero-order chi connectivity index (χ0) is 11.7. The van der Waals surface area contributed by atoms with E-state index in [-0.39, 0.29) is 5.75 Å². The second-order valence-electron chi connectivity index (χ2n) is 4.17. The average molecular weight is 237 g/mol. The van der Waals surface area contributed by atoms with E-state index in [9.17, 15) is 8.42 Å². The first-order valence-corrected chi connectivity index (χ1v) is 7.44. The molecule has 0 unspecified atom stereocenters. The Morgan fingerprint density at radius 2 is 1.87 bits per heavy atom. The van der Waals surface area contributed by atoms with Crippen molar-refractivity contribution in [1.29, 1.82) is 0 Å². The molecule has 0 heterocycles. The summed E-state index contributed by atoms with van der Waals surface area (Å²) in [6.45, 7) is 6.98. The minimum atomic E-state index is -2.84. The van der Waals surface area contributed by atoms with E-state index in [0.29, 0.717) is 25.6 Å². The van der Waals surface area contributed by atoms with Gasteiger partial charge in [-0.3, -0.25) is 0 Å². The molecule has 5 heteroatoms. The topological polar surface area (TPSA) is 55.4 Å². The normalized spacial score (nSPS) is 12.3. The molecule has 0 aliphatic carbocycles. The maximum atomic E-state index is 10.8. The Hall–Kier alpha value is -0.130. The highest BCUT2D eigenvalue weighted by molar-refractivity contribution is 7.90. The van der Waals surface area contributed by atoms with Crippen LogP contribution >= 0.6 is 0 Å². The van der Waals surface area contributed by atoms with Crippen molar-refractivity contribution in [3.8, 4) is 0 Å². The Morgan fingerprint density at radius 1 is 1.20 bits per heavy atom. The summed E-state index contributed by atoms with van der Waals surface area (Å²) in [4.78, 5) is 0. The third-order valence-electron chi connectivity index (χ3n) is 1.91. The fraction of sp³-hybridized carbons (Fsp3) is 1.00. The van der Waals surface area contributed by atoms with Gasteiger partial charge in [-0.05, 0) is 12.3 Å². The number of hydrogen-bond donors (Lipinski definition) is 1. The third-order valence-corrected chi connectivity index (χ3v) is 2.86. The van der Waals surface area contributed by atoms with Gasteiger partial charge in [-0.1, -0.05) is 13.8 Å². The molecule has 4 nitrogen and oxygen atoms in total. The van der Waals surface area contributed by atoms with Crippen molar-refractivity contribution in [2.45, 2.75) is 20.3 Å². The first kappa shape index (κ1) is 14.9. The fourth-order valence-electron chi connectivity index (χ4n) is 0.948. The molecule has 0 saturated carbocycles. The molecule has 0 aliphatic rings. The van der Waals surface area contributed by atoms with Crippen molar-refractivity contribution < 1.29 is 13.2 Å². The lowest BCUT2D eigenvalue weighted by Crippen LogP contribution is -2.26. The molecule has 92 valence electrons. The van der Waals surface area contributed by atoms with Crippen LogP contribution in [0.25, 0.3) is 0 Å². The smallest absolute Gasteiger partial charge is 0.148 e. The van der Waals surface area contributed by atoms with Gasteiger partial charge >= 0.3 is 0 Å². The van der Waals surface area contributed by atoms with Gasteiger partial charge in [0.05, 0.1) is 12.4 Å². The minimum absolute atomic E-state index is 0.193. The number of rotatable bonds is 9. The molecule has 0 radical (unpaired) electrons. The summed E-state index contributed by atoms with van der Waals surface area (Å²) >= 11 is 0. The minimum Gasteiger partial charge on any atom is -0.380 e. The largest absolute Gasteiger partial charge is 0.380 e. The Bertz CT molecular complexity index is 237. The SMILES string of the molecule is CC(C)CCOCCNCCS(C)(=O)=O. The maximum absolute atomic E-state index is 10.8. The summed E-state index contributed by atoms with van der Waals surface area (Å²) in [5.41, 5.74) is 0. The van der Waals surface area contributed by atoms with E-state index in [2.05, 4.69) is 19.2 Å². The van der Waals surface area contributed by atoms with Crippen LogP contribution in [0.2, 0.25) is 0 Å². The molecule has 0 bridgehead atoms. The molecule has 0 aromatic heterocycles. The lowest BCUT2D eigenvalue weighted by Gasteiger charge is -2.07. The van der Waals surface area contributed by atoms with Crippen LogP contribution in [-0.4, -0.2) is 46.7 Å². The molecule has 0 rings (SSSR count). The Kier molecular flexibility index (Phi) is 8.00. The number of hydrogen-bond acceptors (Lipinski definition) is 4. The van der Waals surface area contributed by atoms with Gasteiger partial charge in [-0.15, -0.1) is 0 Å². The van der Waals surface area contributed by atoms with Crippen LogP contribution < -0.4 is 5.32 Å². The second kappa shape index (κ2) is 8.07. The van der Waals surface area contributed by atoms with Crippen LogP contribution in [-0.2, 0) is 14.6 Å². The summed E-state index contributed by atoms with van der Waals surface area (Å²) in [6.07, 6.45) is 2.32. The lowest BCUT2D eigenvalue weighted by atomic mass is 10.1. The molecule has 1 N–H and O–H groups in total. The third kappa shape index (κ3) is 13.9. The molecular weight excluding hydrogens is 214 g/mol. The van der Waals surface area contributed by atoms with E-state index in [4.69, 9.17) is 4.74 Å². The van der Waals surface area contributed by atoms with Gasteiger partial charge in [-0.25, -0.2) is 8.42 Å². The van der Waals surface area contributed by atoms with Crippen molar-refractivity contribution in [1.82, 2.24) is 5.32 Å². The first-order valence-electron chi connectivity index (χ1n) is 5.38. The van der Waals surface area contributed by atoms with Crippen LogP contribution in [0.1, 0.15) is 20.3 Å². The van der Waals surface area contributed by atoms with E-state index in [1.807, 2.05) is 0 Å². The van der Waals surface area contributed by atoms with Crippen molar-refractivity contribution in [2.75, 3.05) is 38.3 Å². The summed E-state index contributed by atoms with van der Waals surface area (Å²) in [6, 6.07) is 0. The van der Waals surface area contributed by atoms with Crippen LogP contribution in [0.4, 0.5) is 0 Å². The first-order chi connectivity index (χ1) is 6.92. The Balaban J connectivity index is 3.12. The second-order valence-corrected chi connectivity index (χ2v) is 6.43. The van der Waals surface area contributed by atoms with E-state index >= 15 is 0 Å². The standard InChI is InChI=1S/C10H23NO3S/c1-10(2)4-7-14-8-5-11-6-9-15(3,12)13/h10-11H,4-9H2,1-3H3. The van der Waals surface area contributed by atoms with E-state index < -0.39 is 9.84 Å². The molecule has 0 amide bonds. The predicted octanol–water partition coefficient (Wildman–Crippen LogP) is 0.683. The van der Waals surface area contributed by atoms with Gasteiger partial charge in [-0.2, -0.15) is 0 Å². The highest BCUT2D eigenvalue weighted by Crippen LogP contribution is 1.98. The van der Waals surface area contributed by atoms with Crippen molar-refractivity contribution >= 4 is 9.84 Å². The van der Waals surface area contributed by atoms with Crippen LogP contribution in [0, 0.1) is 5.92 Å². The number of nitrogens with one attached hydrogen (secondary N) is 1. The van der Waals surface area contributed by atoms with Gasteiger partial charge in [0.2, 0.25) is 0 Å². The van der Waals surface area contributed by atoms with Gasteiger partial charge < -0.3 is 10.1 Å². The quantitative estimate of drug-likeness (QED) is 0.599. The molecule has 0 spiro atoms. The molecule has 0 saturated heterocycles. The Morgan fingerprint density at radius 3 is 2.40 bits per heavy atom. The molecule has 0 aromatic rings. The molecule has 15 heavy (non-hydrogen) atoms. The molecule has 0 aliphatic heterocycles. The zero-order valence-electron chi connectivity index (χ0n) is 9.95. The summed E-state index contributed by atoms with van der Waals surface area (Å²) in [5, 5.41) is 3.03. The fourth-order valence-corrected chi connectivity index (χ4v) is 1.46. The highest BCUT2D eigenvalue weighted by Gasteiger charge is 2.00. The average Bonchev–Trinajstić information content (AvgIpc) is 2.07. The number of sulfone groups is 1. The van der Waals surface area contributed by atoms with Gasteiger partial charge in [0.1, 0.15) is 9.84 Å². The molecule has 0 aromatic carbocycles. The summed E-state index contributed by atoms with van der Waals surface area (Å²) in [7, 11) is -2.84. The van der Waals surface area contributed by atoms with Gasteiger partial charge in [0.15, 0.2) is 0 Å². The predicted molar refractivity (Wildman–Crippen MR) is 62.9 cm³/mol. The summed E-state index contributed by atoms with van der Waals surface area (Å²) < 4.78 is 26.9. The maximum Gasteiger partial charge on any atom is 0.148 e. The van der Waals surface area contributed by atoms with Gasteiger partial charge in [0, 0.05) is 26.0 Å². The van der Waals surface area contributed by atoms with E-state index in [0.717, 1.165) is 13.0 Å². The monoisotopic (exact) mass is 237 g/mol. The summed E-state index contributed by atoms with van der Waals surface area (Å²) in [5.74, 6) is 0.863. The lowest BCUT2D eigenvalue weighted by molar-refractivity contribution is 0.125. The Labute approximate surface area is 93.3 Å². The van der Waals surface area contributed by atoms with Crippen molar-refractivity contribution in [3.05, 3.63) is 0 Å². The van der Waals surface area contributed by atoms with Crippen molar-refractivity contribution in [2.24, 2.45) is 5.92 Å². The number of ether oxygens (including phenoxy) is 1. The van der Waals surface area contributed by atoms with Crippen LogP contribution in [0.5, 0.6) is 0 Å². The van der Waals surface area contributed by atoms with Crippen LogP contribution in [0.3, 0.4) is 0 Å². The zero-order valence-corrected chi connectivity index (χ0v) is 10.8. The highest BCUT2D eigenvalue weighted by atomic mass is 32.2. The van der Waals surface area contributed by atoms with Crippen molar-refractivity contribution in [3.63, 3.8) is 0 Å². The van der Waals surface area contributed by atoms with E-state index in [1.54, 1.807) is 0 Å². The van der Waals surface area contributed by atoms with Gasteiger partial charge in [0.25, 0.3) is 0 Å². The van der Waals surface area contributed by atoms with E-state index in [1.165, 1.54) is 6.26 Å².